The van der Waals surface area contributed by atoms with Crippen LogP contribution < -0.4 is 5.19 Å². The molecule has 94 valence electrons. The van der Waals surface area contributed by atoms with E-state index in [1.54, 1.807) is 6.07 Å². The zero-order chi connectivity index (χ0) is 14.1. The van der Waals surface area contributed by atoms with Crippen molar-refractivity contribution in [3.63, 3.8) is 0 Å². The normalized spacial score (nSPS) is 11.8. The van der Waals surface area contributed by atoms with E-state index in [-0.39, 0.29) is 5.04 Å². The molecule has 0 aliphatic heterocycles. The summed E-state index contributed by atoms with van der Waals surface area (Å²) in [6.07, 6.45) is 0. The Kier molecular flexibility index (Phi) is 4.05. The first-order valence-electron chi connectivity index (χ1n) is 5.79. The molecule has 0 N–H and O–H groups in total. The van der Waals surface area contributed by atoms with Crippen molar-refractivity contribution in [2.45, 2.75) is 38.9 Å². The van der Waals surface area contributed by atoms with Crippen LogP contribution in [0.4, 0.5) is 0 Å². The molecule has 0 aliphatic carbocycles. The van der Waals surface area contributed by atoms with Gasteiger partial charge in [0.2, 0.25) is 0 Å². The zero-order valence-electron chi connectivity index (χ0n) is 11.4. The van der Waals surface area contributed by atoms with Crippen LogP contribution in [0.15, 0.2) is 16.6 Å². The van der Waals surface area contributed by atoms with Gasteiger partial charge in [0.15, 0.2) is 0 Å². The average molecular weight is 321 g/mol. The van der Waals surface area contributed by atoms with Gasteiger partial charge in [-0.2, -0.15) is 10.5 Å². The smallest absolute Gasteiger partial charge is 0.101 e. The summed E-state index contributed by atoms with van der Waals surface area (Å²) in [5.74, 6) is 0. The summed E-state index contributed by atoms with van der Waals surface area (Å²) < 4.78 is 0.949. The molecule has 0 aliphatic rings. The molecule has 0 spiro atoms. The van der Waals surface area contributed by atoms with E-state index in [9.17, 15) is 0 Å². The molecule has 0 heterocycles. The van der Waals surface area contributed by atoms with Gasteiger partial charge < -0.3 is 0 Å². The average Bonchev–Trinajstić information content (AvgIpc) is 2.26. The summed E-state index contributed by atoms with van der Waals surface area (Å²) in [5, 5.41) is 19.5. The van der Waals surface area contributed by atoms with E-state index in [1.165, 1.54) is 5.19 Å². The first-order chi connectivity index (χ1) is 8.15. The minimum absolute atomic E-state index is 0.191. The fourth-order valence-corrected chi connectivity index (χ4v) is 5.45. The molecular weight excluding hydrogens is 304 g/mol. The summed E-state index contributed by atoms with van der Waals surface area (Å²) in [6, 6.07) is 7.85. The number of halogens is 1. The number of hydrogen-bond acceptors (Lipinski definition) is 2. The molecule has 0 saturated heterocycles. The van der Waals surface area contributed by atoms with Crippen molar-refractivity contribution in [2.75, 3.05) is 0 Å². The van der Waals surface area contributed by atoms with Crippen molar-refractivity contribution < 1.29 is 0 Å². The number of nitrogens with zero attached hydrogens (tertiary/aromatic N) is 2. The fourth-order valence-electron chi connectivity index (χ4n) is 1.64. The Hall–Kier alpha value is -1.10. The molecule has 0 radical (unpaired) electrons. The molecule has 18 heavy (non-hydrogen) atoms. The van der Waals surface area contributed by atoms with Crippen molar-refractivity contribution >= 4 is 29.2 Å². The van der Waals surface area contributed by atoms with Crippen molar-refractivity contribution in [1.29, 1.82) is 10.5 Å². The van der Waals surface area contributed by atoms with Crippen molar-refractivity contribution in [3.8, 4) is 12.1 Å². The lowest BCUT2D eigenvalue weighted by Crippen LogP contribution is -2.50. The van der Waals surface area contributed by atoms with Crippen LogP contribution in [0.5, 0.6) is 0 Å². The standard InChI is InChI=1S/C14H17BrN2Si/c1-14(2,3)18(4,5)13-7-11(9-17)10(8-16)6-12(13)15/h6-7H,1-5H3. The van der Waals surface area contributed by atoms with Crippen LogP contribution in [0, 0.1) is 22.7 Å². The maximum absolute atomic E-state index is 9.13. The minimum Gasteiger partial charge on any atom is -0.192 e. The summed E-state index contributed by atoms with van der Waals surface area (Å²) in [6.45, 7) is 11.3. The second kappa shape index (κ2) is 4.88. The van der Waals surface area contributed by atoms with Gasteiger partial charge in [-0.3, -0.25) is 0 Å². The van der Waals surface area contributed by atoms with Crippen molar-refractivity contribution in [1.82, 2.24) is 0 Å². The highest BCUT2D eigenvalue weighted by atomic mass is 79.9. The molecule has 1 aromatic carbocycles. The maximum atomic E-state index is 9.13. The summed E-state index contributed by atoms with van der Waals surface area (Å²) in [7, 11) is -1.72. The van der Waals surface area contributed by atoms with Crippen LogP contribution in [-0.4, -0.2) is 8.07 Å². The zero-order valence-corrected chi connectivity index (χ0v) is 14.0. The number of hydrogen-bond donors (Lipinski definition) is 0. The molecule has 0 bridgehead atoms. The van der Waals surface area contributed by atoms with Crippen LogP contribution in [0.1, 0.15) is 31.9 Å². The topological polar surface area (TPSA) is 47.6 Å². The Labute approximate surface area is 118 Å². The van der Waals surface area contributed by atoms with Gasteiger partial charge in [-0.15, -0.1) is 0 Å². The molecule has 1 rings (SSSR count). The van der Waals surface area contributed by atoms with Gasteiger partial charge in [-0.05, 0) is 22.4 Å². The lowest BCUT2D eigenvalue weighted by Gasteiger charge is -2.38. The van der Waals surface area contributed by atoms with Gasteiger partial charge in [-0.1, -0.05) is 49.8 Å². The lowest BCUT2D eigenvalue weighted by molar-refractivity contribution is 0.729. The van der Waals surface area contributed by atoms with Crippen LogP contribution in [-0.2, 0) is 0 Å². The number of nitriles is 2. The van der Waals surface area contributed by atoms with E-state index in [0.717, 1.165) is 4.47 Å². The summed E-state index contributed by atoms with van der Waals surface area (Å²) in [5.41, 5.74) is 0.910. The van der Waals surface area contributed by atoms with E-state index in [2.05, 4.69) is 61.9 Å². The van der Waals surface area contributed by atoms with Gasteiger partial charge in [-0.25, -0.2) is 0 Å². The van der Waals surface area contributed by atoms with Crippen molar-refractivity contribution in [3.05, 3.63) is 27.7 Å². The second-order valence-electron chi connectivity index (χ2n) is 5.98. The Bertz CT molecular complexity index is 557. The fraction of sp³-hybridized carbons (Fsp3) is 0.429. The molecule has 2 nitrogen and oxygen atoms in total. The Morgan fingerprint density at radius 2 is 1.50 bits per heavy atom. The lowest BCUT2D eigenvalue weighted by atomic mass is 10.1. The molecule has 0 unspecified atom stereocenters. The van der Waals surface area contributed by atoms with Crippen LogP contribution in [0.3, 0.4) is 0 Å². The van der Waals surface area contributed by atoms with Gasteiger partial charge >= 0.3 is 0 Å². The van der Waals surface area contributed by atoms with Crippen molar-refractivity contribution in [2.24, 2.45) is 0 Å². The molecule has 0 fully saturated rings. The Morgan fingerprint density at radius 3 is 1.89 bits per heavy atom. The molecular formula is C14H17BrN2Si. The maximum Gasteiger partial charge on any atom is 0.101 e. The predicted molar refractivity (Wildman–Crippen MR) is 80.4 cm³/mol. The Balaban J connectivity index is 3.55. The first-order valence-corrected chi connectivity index (χ1v) is 9.58. The molecule has 0 saturated carbocycles. The first kappa shape index (κ1) is 15.0. The van der Waals surface area contributed by atoms with Crippen LogP contribution in [0.2, 0.25) is 18.1 Å². The second-order valence-corrected chi connectivity index (χ2v) is 12.1. The van der Waals surface area contributed by atoms with Gasteiger partial charge in [0, 0.05) is 4.47 Å². The summed E-state index contributed by atoms with van der Waals surface area (Å²) >= 11 is 3.55. The number of benzene rings is 1. The highest BCUT2D eigenvalue weighted by Gasteiger charge is 2.38. The van der Waals surface area contributed by atoms with E-state index < -0.39 is 8.07 Å². The highest BCUT2D eigenvalue weighted by molar-refractivity contribution is 9.10. The van der Waals surface area contributed by atoms with E-state index in [4.69, 9.17) is 10.5 Å². The van der Waals surface area contributed by atoms with E-state index in [1.807, 2.05) is 6.07 Å². The van der Waals surface area contributed by atoms with Gasteiger partial charge in [0.05, 0.1) is 19.2 Å². The molecule has 0 atom stereocenters. The third-order valence-electron chi connectivity index (χ3n) is 3.90. The third-order valence-corrected chi connectivity index (χ3v) is 10.4. The molecule has 1 aromatic rings. The summed E-state index contributed by atoms with van der Waals surface area (Å²) in [4.78, 5) is 0. The molecule has 0 aromatic heterocycles. The van der Waals surface area contributed by atoms with E-state index >= 15 is 0 Å². The highest BCUT2D eigenvalue weighted by Crippen LogP contribution is 2.37. The monoisotopic (exact) mass is 320 g/mol. The Morgan fingerprint density at radius 1 is 1.06 bits per heavy atom. The SMILES string of the molecule is CC(C)(C)[Si](C)(C)c1cc(C#N)c(C#N)cc1Br. The predicted octanol–water partition coefficient (Wildman–Crippen LogP) is 3.91. The van der Waals surface area contributed by atoms with Crippen LogP contribution in [0.25, 0.3) is 0 Å². The number of rotatable bonds is 1. The van der Waals surface area contributed by atoms with E-state index in [0.29, 0.717) is 11.1 Å². The largest absolute Gasteiger partial charge is 0.192 e. The quantitative estimate of drug-likeness (QED) is 0.736. The van der Waals surface area contributed by atoms with Gasteiger partial charge in [0.25, 0.3) is 0 Å². The van der Waals surface area contributed by atoms with Crippen LogP contribution >= 0.6 is 15.9 Å². The third kappa shape index (κ3) is 2.50. The minimum atomic E-state index is -1.72. The van der Waals surface area contributed by atoms with Gasteiger partial charge in [0.1, 0.15) is 12.1 Å². The molecule has 0 amide bonds. The molecule has 4 heteroatoms.